The van der Waals surface area contributed by atoms with E-state index in [0.717, 1.165) is 32.0 Å². The van der Waals surface area contributed by atoms with Gasteiger partial charge in [-0.15, -0.1) is 10.2 Å². The minimum absolute atomic E-state index is 0.438. The van der Waals surface area contributed by atoms with Gasteiger partial charge in [0, 0.05) is 31.9 Å². The molecule has 0 radical (unpaired) electrons. The zero-order valence-electron chi connectivity index (χ0n) is 12.4. The van der Waals surface area contributed by atoms with Gasteiger partial charge in [-0.05, 0) is 49.2 Å². The molecule has 0 amide bonds. The summed E-state index contributed by atoms with van der Waals surface area (Å²) in [6, 6.07) is 10.4. The first kappa shape index (κ1) is 14.1. The Morgan fingerprint density at radius 1 is 0.857 bits per heavy atom. The van der Waals surface area contributed by atoms with Crippen molar-refractivity contribution in [2.24, 2.45) is 0 Å². The number of piperazine rings is 1. The van der Waals surface area contributed by atoms with E-state index in [2.05, 4.69) is 52.0 Å². The van der Waals surface area contributed by atoms with Gasteiger partial charge in [0.25, 0.3) is 0 Å². The van der Waals surface area contributed by atoms with Crippen LogP contribution in [0.2, 0.25) is 5.15 Å². The molecule has 0 saturated carbocycles. The van der Waals surface area contributed by atoms with Gasteiger partial charge in [-0.1, -0.05) is 17.7 Å². The van der Waals surface area contributed by atoms with E-state index in [1.54, 1.807) is 6.07 Å². The van der Waals surface area contributed by atoms with Crippen molar-refractivity contribution in [1.29, 1.82) is 0 Å². The third-order valence-corrected chi connectivity index (χ3v) is 4.28. The van der Waals surface area contributed by atoms with Crippen molar-refractivity contribution < 1.29 is 0 Å². The largest absolute Gasteiger partial charge is 0.368 e. The molecule has 110 valence electrons. The van der Waals surface area contributed by atoms with Gasteiger partial charge in [-0.3, -0.25) is 0 Å². The third-order valence-electron chi connectivity index (χ3n) is 4.08. The fourth-order valence-electron chi connectivity index (χ4n) is 2.59. The highest BCUT2D eigenvalue weighted by atomic mass is 35.5. The molecule has 1 fully saturated rings. The fraction of sp³-hybridized carbons (Fsp3) is 0.375. The third kappa shape index (κ3) is 3.10. The minimum atomic E-state index is 0.438. The molecule has 1 aliphatic heterocycles. The molecular formula is C16H19ClN4. The molecule has 3 rings (SSSR count). The first-order chi connectivity index (χ1) is 10.1. The molecule has 5 heteroatoms. The number of hydrogen-bond donors (Lipinski definition) is 0. The van der Waals surface area contributed by atoms with Crippen LogP contribution in [0.25, 0.3) is 0 Å². The smallest absolute Gasteiger partial charge is 0.151 e. The molecule has 0 aliphatic carbocycles. The maximum absolute atomic E-state index is 5.78. The van der Waals surface area contributed by atoms with E-state index in [9.17, 15) is 0 Å². The Hall–Kier alpha value is -1.81. The van der Waals surface area contributed by atoms with Crippen molar-refractivity contribution >= 4 is 23.1 Å². The van der Waals surface area contributed by atoms with Crippen LogP contribution < -0.4 is 9.80 Å². The molecule has 4 nitrogen and oxygen atoms in total. The van der Waals surface area contributed by atoms with E-state index in [4.69, 9.17) is 11.6 Å². The molecule has 0 atom stereocenters. The van der Waals surface area contributed by atoms with Crippen molar-refractivity contribution in [3.63, 3.8) is 0 Å². The molecule has 0 N–H and O–H groups in total. The van der Waals surface area contributed by atoms with E-state index in [0.29, 0.717) is 5.15 Å². The van der Waals surface area contributed by atoms with Crippen molar-refractivity contribution in [1.82, 2.24) is 10.2 Å². The summed E-state index contributed by atoms with van der Waals surface area (Å²) in [6.45, 7) is 8.20. The van der Waals surface area contributed by atoms with Gasteiger partial charge >= 0.3 is 0 Å². The molecule has 1 saturated heterocycles. The maximum atomic E-state index is 5.78. The summed E-state index contributed by atoms with van der Waals surface area (Å²) in [6.07, 6.45) is 0. The molecule has 1 aromatic carbocycles. The summed E-state index contributed by atoms with van der Waals surface area (Å²) in [5.74, 6) is 0.902. The second-order valence-electron chi connectivity index (χ2n) is 5.46. The van der Waals surface area contributed by atoms with Crippen LogP contribution in [0.3, 0.4) is 0 Å². The topological polar surface area (TPSA) is 32.3 Å². The molecule has 0 spiro atoms. The molecule has 1 aliphatic rings. The number of anilines is 2. The van der Waals surface area contributed by atoms with Crippen LogP contribution in [0.5, 0.6) is 0 Å². The summed E-state index contributed by atoms with van der Waals surface area (Å²) in [5, 5.41) is 8.50. The number of benzene rings is 1. The summed E-state index contributed by atoms with van der Waals surface area (Å²) in [4.78, 5) is 4.67. The summed E-state index contributed by atoms with van der Waals surface area (Å²) >= 11 is 5.78. The Morgan fingerprint density at radius 2 is 1.57 bits per heavy atom. The number of aryl methyl sites for hydroxylation is 2. The zero-order valence-corrected chi connectivity index (χ0v) is 13.1. The van der Waals surface area contributed by atoms with Gasteiger partial charge in [-0.25, -0.2) is 0 Å². The second-order valence-corrected chi connectivity index (χ2v) is 5.84. The highest BCUT2D eigenvalue weighted by Gasteiger charge is 2.18. The lowest BCUT2D eigenvalue weighted by Gasteiger charge is -2.36. The van der Waals surface area contributed by atoms with Crippen molar-refractivity contribution in [3.05, 3.63) is 46.6 Å². The van der Waals surface area contributed by atoms with E-state index < -0.39 is 0 Å². The van der Waals surface area contributed by atoms with Gasteiger partial charge in [-0.2, -0.15) is 0 Å². The van der Waals surface area contributed by atoms with Crippen LogP contribution in [-0.4, -0.2) is 36.4 Å². The van der Waals surface area contributed by atoms with Gasteiger partial charge < -0.3 is 9.80 Å². The van der Waals surface area contributed by atoms with E-state index in [1.807, 2.05) is 6.07 Å². The predicted octanol–water partition coefficient (Wildman–Crippen LogP) is 3.07. The SMILES string of the molecule is Cc1ccc(N2CCN(c3ccc(Cl)nn3)CC2)cc1C. The highest BCUT2D eigenvalue weighted by Crippen LogP contribution is 2.22. The van der Waals surface area contributed by atoms with Crippen molar-refractivity contribution in [2.45, 2.75) is 13.8 Å². The second kappa shape index (κ2) is 5.90. The summed E-state index contributed by atoms with van der Waals surface area (Å²) < 4.78 is 0. The number of hydrogen-bond acceptors (Lipinski definition) is 4. The molecule has 1 aromatic heterocycles. The zero-order chi connectivity index (χ0) is 14.8. The van der Waals surface area contributed by atoms with Crippen LogP contribution in [0.15, 0.2) is 30.3 Å². The molecule has 2 heterocycles. The van der Waals surface area contributed by atoms with Crippen LogP contribution >= 0.6 is 11.6 Å². The number of rotatable bonds is 2. The highest BCUT2D eigenvalue weighted by molar-refractivity contribution is 6.29. The van der Waals surface area contributed by atoms with Gasteiger partial charge in [0.2, 0.25) is 0 Å². The Morgan fingerprint density at radius 3 is 2.19 bits per heavy atom. The van der Waals surface area contributed by atoms with Crippen LogP contribution in [0.1, 0.15) is 11.1 Å². The number of nitrogens with zero attached hydrogens (tertiary/aromatic N) is 4. The quantitative estimate of drug-likeness (QED) is 0.853. The molecular weight excluding hydrogens is 284 g/mol. The summed E-state index contributed by atoms with van der Waals surface area (Å²) in [5.41, 5.74) is 3.99. The van der Waals surface area contributed by atoms with Gasteiger partial charge in [0.05, 0.1) is 0 Å². The first-order valence-electron chi connectivity index (χ1n) is 7.20. The Balaban J connectivity index is 1.67. The van der Waals surface area contributed by atoms with E-state index >= 15 is 0 Å². The predicted molar refractivity (Wildman–Crippen MR) is 87.4 cm³/mol. The minimum Gasteiger partial charge on any atom is -0.368 e. The van der Waals surface area contributed by atoms with E-state index in [1.165, 1.54) is 16.8 Å². The Kier molecular flexibility index (Phi) is 3.97. The van der Waals surface area contributed by atoms with Gasteiger partial charge in [0.15, 0.2) is 11.0 Å². The Bertz CT molecular complexity index is 619. The average Bonchev–Trinajstić information content (AvgIpc) is 2.51. The molecule has 0 bridgehead atoms. The lowest BCUT2D eigenvalue weighted by Crippen LogP contribution is -2.46. The lowest BCUT2D eigenvalue weighted by atomic mass is 10.1. The average molecular weight is 303 g/mol. The molecule has 0 unspecified atom stereocenters. The maximum Gasteiger partial charge on any atom is 0.151 e. The number of aromatic nitrogens is 2. The Labute approximate surface area is 130 Å². The fourth-order valence-corrected chi connectivity index (χ4v) is 2.69. The van der Waals surface area contributed by atoms with Crippen molar-refractivity contribution in [2.75, 3.05) is 36.0 Å². The normalized spacial score (nSPS) is 15.4. The van der Waals surface area contributed by atoms with Crippen LogP contribution in [-0.2, 0) is 0 Å². The van der Waals surface area contributed by atoms with Gasteiger partial charge in [0.1, 0.15) is 0 Å². The first-order valence-corrected chi connectivity index (χ1v) is 7.58. The molecule has 21 heavy (non-hydrogen) atoms. The van der Waals surface area contributed by atoms with E-state index in [-0.39, 0.29) is 0 Å². The molecule has 2 aromatic rings. The van der Waals surface area contributed by atoms with Crippen LogP contribution in [0, 0.1) is 13.8 Å². The monoisotopic (exact) mass is 302 g/mol. The number of halogens is 1. The van der Waals surface area contributed by atoms with Crippen molar-refractivity contribution in [3.8, 4) is 0 Å². The standard InChI is InChI=1S/C16H19ClN4/c1-12-3-4-14(11-13(12)2)20-7-9-21(10-8-20)16-6-5-15(17)18-19-16/h3-6,11H,7-10H2,1-2H3. The lowest BCUT2D eigenvalue weighted by molar-refractivity contribution is 0.643. The summed E-state index contributed by atoms with van der Waals surface area (Å²) in [7, 11) is 0. The van der Waals surface area contributed by atoms with Crippen LogP contribution in [0.4, 0.5) is 11.5 Å².